The number of aliphatic hydroxyl groups excluding tert-OH is 2. The van der Waals surface area contributed by atoms with Crippen molar-refractivity contribution in [1.82, 2.24) is 0 Å². The number of ether oxygens (including phenoxy) is 2. The summed E-state index contributed by atoms with van der Waals surface area (Å²) in [7, 11) is 4.51. The highest BCUT2D eigenvalue weighted by molar-refractivity contribution is 8.76. The van der Waals surface area contributed by atoms with Crippen LogP contribution in [0.2, 0.25) is 0 Å². The highest BCUT2D eigenvalue weighted by Crippen LogP contribution is 2.18. The first-order valence-electron chi connectivity index (χ1n) is 6.67. The summed E-state index contributed by atoms with van der Waals surface area (Å²) in [5.41, 5.74) is 0. The molecule has 0 bridgehead atoms. The fourth-order valence-electron chi connectivity index (χ4n) is 1.45. The molecule has 6 nitrogen and oxygen atoms in total. The van der Waals surface area contributed by atoms with Crippen molar-refractivity contribution in [2.24, 2.45) is 0 Å². The highest BCUT2D eigenvalue weighted by Gasteiger charge is 2.13. The van der Waals surface area contributed by atoms with Gasteiger partial charge < -0.3 is 19.7 Å². The molecule has 2 atom stereocenters. The topological polar surface area (TPSA) is 93.1 Å². The van der Waals surface area contributed by atoms with Crippen LogP contribution in [0, 0.1) is 0 Å². The van der Waals surface area contributed by atoms with E-state index in [9.17, 15) is 19.8 Å². The SMILES string of the molecule is COC(=O)CC(O)COCC(O)CCC(=O)CCSSC. The quantitative estimate of drug-likeness (QED) is 0.292. The fourth-order valence-corrected chi connectivity index (χ4v) is 2.68. The van der Waals surface area contributed by atoms with E-state index in [2.05, 4.69) is 4.74 Å². The van der Waals surface area contributed by atoms with E-state index in [4.69, 9.17) is 4.74 Å². The molecule has 0 rings (SSSR count). The molecule has 0 aromatic heterocycles. The molecule has 0 amide bonds. The Balaban J connectivity index is 3.59. The lowest BCUT2D eigenvalue weighted by Crippen LogP contribution is -2.24. The minimum absolute atomic E-state index is 0.0328. The van der Waals surface area contributed by atoms with E-state index < -0.39 is 18.2 Å². The summed E-state index contributed by atoms with van der Waals surface area (Å²) in [4.78, 5) is 22.4. The largest absolute Gasteiger partial charge is 0.469 e. The van der Waals surface area contributed by atoms with Crippen molar-refractivity contribution in [2.75, 3.05) is 32.3 Å². The second-order valence-electron chi connectivity index (χ2n) is 4.44. The number of Topliss-reactive ketones (excluding diaryl/α,β-unsaturated/α-hetero) is 1. The summed E-state index contributed by atoms with van der Waals surface area (Å²) in [6, 6.07) is 0. The van der Waals surface area contributed by atoms with Gasteiger partial charge in [0.1, 0.15) is 5.78 Å². The van der Waals surface area contributed by atoms with Gasteiger partial charge in [-0.2, -0.15) is 0 Å². The van der Waals surface area contributed by atoms with Crippen LogP contribution in [0.15, 0.2) is 0 Å². The van der Waals surface area contributed by atoms with Gasteiger partial charge in [-0.15, -0.1) is 0 Å². The average molecular weight is 340 g/mol. The molecule has 0 aromatic rings. The Labute approximate surface area is 133 Å². The number of carbonyl (C=O) groups excluding carboxylic acids is 2. The van der Waals surface area contributed by atoms with Crippen LogP contribution in [0.4, 0.5) is 0 Å². The Kier molecular flexibility index (Phi) is 13.2. The van der Waals surface area contributed by atoms with Crippen molar-refractivity contribution in [3.8, 4) is 0 Å². The molecule has 0 spiro atoms. The minimum Gasteiger partial charge on any atom is -0.469 e. The van der Waals surface area contributed by atoms with Gasteiger partial charge in [0.15, 0.2) is 0 Å². The molecule has 0 aromatic carbocycles. The Morgan fingerprint density at radius 1 is 1.14 bits per heavy atom. The van der Waals surface area contributed by atoms with Gasteiger partial charge in [0.05, 0.1) is 39.0 Å². The Morgan fingerprint density at radius 3 is 2.43 bits per heavy atom. The zero-order valence-electron chi connectivity index (χ0n) is 12.4. The van der Waals surface area contributed by atoms with Crippen molar-refractivity contribution in [1.29, 1.82) is 0 Å². The molecule has 0 aliphatic carbocycles. The van der Waals surface area contributed by atoms with Crippen molar-refractivity contribution in [3.05, 3.63) is 0 Å². The van der Waals surface area contributed by atoms with Crippen molar-refractivity contribution in [2.45, 2.75) is 37.9 Å². The second-order valence-corrected chi connectivity index (χ2v) is 7.13. The Bertz CT molecular complexity index is 300. The zero-order valence-corrected chi connectivity index (χ0v) is 14.1. The first-order valence-corrected chi connectivity index (χ1v) is 9.40. The third kappa shape index (κ3) is 13.1. The number of methoxy groups -OCH3 is 1. The van der Waals surface area contributed by atoms with E-state index in [0.29, 0.717) is 19.3 Å². The standard InChI is InChI=1S/C13H24O6S2/c1-18-13(17)7-12(16)9-19-8-11(15)4-3-10(14)5-6-21-20-2/h11-12,15-16H,3-9H2,1-2H3. The summed E-state index contributed by atoms with van der Waals surface area (Å²) in [6.45, 7) is -0.0183. The molecule has 0 aliphatic heterocycles. The van der Waals surface area contributed by atoms with Crippen molar-refractivity contribution in [3.63, 3.8) is 0 Å². The van der Waals surface area contributed by atoms with Gasteiger partial charge in [0.2, 0.25) is 0 Å². The number of carbonyl (C=O) groups is 2. The molecule has 8 heteroatoms. The number of rotatable bonds is 13. The van der Waals surface area contributed by atoms with E-state index in [0.717, 1.165) is 5.75 Å². The molecular weight excluding hydrogens is 316 g/mol. The van der Waals surface area contributed by atoms with E-state index in [1.165, 1.54) is 7.11 Å². The fraction of sp³-hybridized carbons (Fsp3) is 0.846. The maximum absolute atomic E-state index is 11.5. The number of esters is 1. The predicted molar refractivity (Wildman–Crippen MR) is 84.3 cm³/mol. The van der Waals surface area contributed by atoms with Crippen molar-refractivity contribution < 1.29 is 29.3 Å². The van der Waals surface area contributed by atoms with Gasteiger partial charge >= 0.3 is 5.97 Å². The maximum atomic E-state index is 11.5. The number of hydrogen-bond acceptors (Lipinski definition) is 8. The van der Waals surface area contributed by atoms with Crippen LogP contribution in [0.5, 0.6) is 0 Å². The molecule has 21 heavy (non-hydrogen) atoms. The first kappa shape index (κ1) is 20.7. The van der Waals surface area contributed by atoms with Gasteiger partial charge in [0, 0.05) is 18.6 Å². The van der Waals surface area contributed by atoms with Gasteiger partial charge in [-0.1, -0.05) is 21.6 Å². The highest BCUT2D eigenvalue weighted by atomic mass is 33.1. The second kappa shape index (κ2) is 13.4. The smallest absolute Gasteiger partial charge is 0.308 e. The first-order chi connectivity index (χ1) is 9.99. The number of hydrogen-bond donors (Lipinski definition) is 2. The lowest BCUT2D eigenvalue weighted by atomic mass is 10.1. The summed E-state index contributed by atoms with van der Waals surface area (Å²) >= 11 is 0. The maximum Gasteiger partial charge on any atom is 0.308 e. The molecule has 0 aliphatic rings. The predicted octanol–water partition coefficient (Wildman–Crippen LogP) is 1.04. The summed E-state index contributed by atoms with van der Waals surface area (Å²) < 4.78 is 9.52. The van der Waals surface area contributed by atoms with Crippen LogP contribution in [0.25, 0.3) is 0 Å². The molecule has 124 valence electrons. The number of ketones is 1. The van der Waals surface area contributed by atoms with Crippen LogP contribution in [0.3, 0.4) is 0 Å². The third-order valence-corrected chi connectivity index (χ3v) is 4.40. The summed E-state index contributed by atoms with van der Waals surface area (Å²) in [5.74, 6) is 0.397. The summed E-state index contributed by atoms with van der Waals surface area (Å²) in [5, 5.41) is 19.1. The summed E-state index contributed by atoms with van der Waals surface area (Å²) in [6.07, 6.45) is 1.31. The minimum atomic E-state index is -0.949. The van der Waals surface area contributed by atoms with Crippen LogP contribution < -0.4 is 0 Å². The van der Waals surface area contributed by atoms with Crippen LogP contribution in [-0.2, 0) is 19.1 Å². The van der Waals surface area contributed by atoms with Gasteiger partial charge in [0.25, 0.3) is 0 Å². The van der Waals surface area contributed by atoms with E-state index in [1.807, 2.05) is 6.26 Å². The lowest BCUT2D eigenvalue weighted by Gasteiger charge is -2.13. The third-order valence-electron chi connectivity index (χ3n) is 2.59. The number of aliphatic hydroxyl groups is 2. The molecule has 0 radical (unpaired) electrons. The van der Waals surface area contributed by atoms with Gasteiger partial charge in [-0.25, -0.2) is 0 Å². The Morgan fingerprint density at radius 2 is 1.81 bits per heavy atom. The molecule has 0 fully saturated rings. The van der Waals surface area contributed by atoms with Gasteiger partial charge in [-0.3, -0.25) is 9.59 Å². The normalized spacial score (nSPS) is 13.7. The average Bonchev–Trinajstić information content (AvgIpc) is 2.45. The Hall–Kier alpha value is -0.280. The zero-order chi connectivity index (χ0) is 16.1. The van der Waals surface area contributed by atoms with E-state index in [-0.39, 0.29) is 25.4 Å². The van der Waals surface area contributed by atoms with E-state index in [1.54, 1.807) is 21.6 Å². The van der Waals surface area contributed by atoms with Gasteiger partial charge in [-0.05, 0) is 12.7 Å². The molecule has 0 saturated heterocycles. The molecule has 2 unspecified atom stereocenters. The van der Waals surface area contributed by atoms with Crippen LogP contribution in [0.1, 0.15) is 25.7 Å². The molecule has 0 saturated carbocycles. The van der Waals surface area contributed by atoms with E-state index >= 15 is 0 Å². The molecule has 0 heterocycles. The molecular formula is C13H24O6S2. The van der Waals surface area contributed by atoms with Crippen LogP contribution >= 0.6 is 21.6 Å². The molecule has 2 N–H and O–H groups in total. The monoisotopic (exact) mass is 340 g/mol. The van der Waals surface area contributed by atoms with Crippen LogP contribution in [-0.4, -0.2) is 66.5 Å². The lowest BCUT2D eigenvalue weighted by molar-refractivity contribution is -0.144. The van der Waals surface area contributed by atoms with Crippen molar-refractivity contribution >= 4 is 33.3 Å².